The van der Waals surface area contributed by atoms with Gasteiger partial charge in [-0.3, -0.25) is 28.7 Å². The molecular formula is C57H58F10N4O9S. The van der Waals surface area contributed by atoms with Crippen molar-refractivity contribution in [2.24, 2.45) is 0 Å². The largest absolute Gasteiger partial charge is 0.508 e. The number of methoxy groups -OCH3 is 2. The Hall–Kier alpha value is -8.15. The van der Waals surface area contributed by atoms with E-state index in [2.05, 4.69) is 94.8 Å². The van der Waals surface area contributed by atoms with Crippen molar-refractivity contribution in [2.75, 3.05) is 14.2 Å². The first-order valence-corrected chi connectivity index (χ1v) is 24.7. The zero-order chi connectivity index (χ0) is 59.2. The number of alkyl halides is 9. The molecule has 81 heavy (non-hydrogen) atoms. The van der Waals surface area contributed by atoms with E-state index < -0.39 is 56.0 Å². The van der Waals surface area contributed by atoms with Gasteiger partial charge in [0.15, 0.2) is 0 Å². The molecule has 0 unspecified atom stereocenters. The predicted octanol–water partition coefficient (Wildman–Crippen LogP) is 13.3. The first-order valence-electron chi connectivity index (χ1n) is 23.3. The number of aromatic nitrogens is 4. The molecule has 0 saturated heterocycles. The van der Waals surface area contributed by atoms with Crippen LogP contribution in [0.15, 0.2) is 141 Å². The van der Waals surface area contributed by atoms with Crippen molar-refractivity contribution in [3.05, 3.63) is 180 Å². The number of fused-ring (bicyclic) bond motifs is 2. The summed E-state index contributed by atoms with van der Waals surface area (Å²) in [5.74, 6) is -13.2. The molecule has 0 atom stereocenters. The van der Waals surface area contributed by atoms with Crippen molar-refractivity contribution >= 4 is 31.8 Å². The third-order valence-corrected chi connectivity index (χ3v) is 13.1. The highest BCUT2D eigenvalue weighted by molar-refractivity contribution is 7.87. The number of phenols is 1. The summed E-state index contributed by atoms with van der Waals surface area (Å²) in [5.41, 5.74) is 5.75. The Morgan fingerprint density at radius 1 is 0.506 bits per heavy atom. The van der Waals surface area contributed by atoms with Crippen LogP contribution in [-0.4, -0.2) is 70.1 Å². The van der Waals surface area contributed by atoms with Crippen LogP contribution >= 0.6 is 0 Å². The number of aromatic amines is 2. The van der Waals surface area contributed by atoms with E-state index in [9.17, 15) is 76.1 Å². The number of halogens is 10. The van der Waals surface area contributed by atoms with Crippen molar-refractivity contribution in [3.63, 3.8) is 0 Å². The van der Waals surface area contributed by atoms with E-state index in [4.69, 9.17) is 9.47 Å². The van der Waals surface area contributed by atoms with Crippen molar-refractivity contribution in [3.8, 4) is 50.9 Å². The van der Waals surface area contributed by atoms with Gasteiger partial charge in [-0.15, -0.1) is 0 Å². The fraction of sp³-hybridized carbons (Fsp3) is 0.298. The summed E-state index contributed by atoms with van der Waals surface area (Å²) in [6, 6.07) is 34.2. The van der Waals surface area contributed by atoms with Crippen LogP contribution in [0, 0.1) is 6.92 Å². The number of H-pyrrole nitrogens is 2. The smallest absolute Gasteiger partial charge is 0.460 e. The molecule has 6 aromatic carbocycles. The molecular weight excluding hydrogens is 1110 g/mol. The summed E-state index contributed by atoms with van der Waals surface area (Å²) in [4.78, 5) is 52.7. The molecule has 0 radical (unpaired) electrons. The molecule has 3 N–H and O–H groups in total. The second-order valence-corrected chi connectivity index (χ2v) is 21.4. The van der Waals surface area contributed by atoms with Gasteiger partial charge in [0.2, 0.25) is 0 Å². The van der Waals surface area contributed by atoms with Crippen molar-refractivity contribution in [2.45, 2.75) is 97.4 Å². The summed E-state index contributed by atoms with van der Waals surface area (Å²) < 4.78 is 152. The number of nitrogens with one attached hydrogen (secondary N) is 2. The Balaban J connectivity index is 0.000000270. The normalized spacial score (nSPS) is 12.3. The summed E-state index contributed by atoms with van der Waals surface area (Å²) in [6.45, 7) is 14.6. The molecule has 2 heterocycles. The predicted molar refractivity (Wildman–Crippen MR) is 292 cm³/mol. The lowest BCUT2D eigenvalue weighted by Crippen LogP contribution is -2.62. The number of nitrogens with zero attached hydrogens (tertiary/aromatic N) is 2. The van der Waals surface area contributed by atoms with Gasteiger partial charge < -0.3 is 14.6 Å². The van der Waals surface area contributed by atoms with Gasteiger partial charge in [-0.05, 0) is 99.0 Å². The van der Waals surface area contributed by atoms with Gasteiger partial charge in [0.1, 0.15) is 17.2 Å². The SMILES string of the molecule is C.C.COc1c(-c2ccc3cc(C)ccc3c2)cc(-n2ccc(=O)[nH]c2=O)cc1C(C)(C)C.COc1c(-c2ccc3cc(O)ccc3c2)cc(-n2ccc(=O)[nH]c2=O)cc1C(C)(C)C.O=S(=O)(F)C(F)(F)C(F)(F)C(F)(F)C(F)(F)F. The molecule has 0 amide bonds. The molecule has 8 aromatic rings. The van der Waals surface area contributed by atoms with Gasteiger partial charge in [0.25, 0.3) is 11.1 Å². The van der Waals surface area contributed by atoms with Crippen LogP contribution in [0.1, 0.15) is 73.1 Å². The molecule has 0 spiro atoms. The molecule has 13 nitrogen and oxygen atoms in total. The molecule has 0 saturated carbocycles. The minimum atomic E-state index is -7.67. The van der Waals surface area contributed by atoms with Crippen molar-refractivity contribution < 1.29 is 66.4 Å². The number of ether oxygens (including phenoxy) is 2. The van der Waals surface area contributed by atoms with Gasteiger partial charge in [0, 0.05) is 46.8 Å². The topological polar surface area (TPSA) is 183 Å². The van der Waals surface area contributed by atoms with Gasteiger partial charge in [-0.25, -0.2) is 9.59 Å². The highest BCUT2D eigenvalue weighted by atomic mass is 32.3. The fourth-order valence-electron chi connectivity index (χ4n) is 8.18. The standard InChI is InChI=1S/C26H26N2O3.C25H24N2O4.C4F10O2S.2CH4/c1-16-6-7-18-13-19(9-8-17(18)12-16)21-14-20(28-11-10-23(29)27-25(28)30)15-22(24(21)31-5)26(2,3)4;1-25(2,3)21-14-18(27-10-9-22(29)26-24(27)30)13-20(23(21)31-4)17-6-5-16-12-19(28)8-7-15(16)11-17;5-1(6,3(9,10)11)2(7,8)4(12,13)17(14,15)16;;/h6-15H,1-5H3,(H,27,29,30);5-14,28H,1-4H3,(H,26,29,30);;2*1H4. The average molecular weight is 1170 g/mol. The van der Waals surface area contributed by atoms with E-state index in [0.29, 0.717) is 11.4 Å². The summed E-state index contributed by atoms with van der Waals surface area (Å²) in [5, 5.41) is 6.73. The number of phenolic OH excluding ortho intramolecular Hbond substituents is 1. The lowest BCUT2D eigenvalue weighted by atomic mass is 9.83. The summed E-state index contributed by atoms with van der Waals surface area (Å²) in [7, 11) is -4.36. The third-order valence-electron chi connectivity index (χ3n) is 12.2. The molecule has 2 aromatic heterocycles. The molecule has 24 heteroatoms. The number of aryl methyl sites for hydroxylation is 1. The van der Waals surface area contributed by atoms with Crippen LogP contribution in [0.2, 0.25) is 0 Å². The van der Waals surface area contributed by atoms with Crippen LogP contribution < -0.4 is 32.0 Å². The van der Waals surface area contributed by atoms with Crippen LogP contribution in [0.3, 0.4) is 0 Å². The Bertz CT molecular complexity index is 3770. The maximum atomic E-state index is 12.5. The van der Waals surface area contributed by atoms with Gasteiger partial charge >= 0.3 is 44.9 Å². The Kier molecular flexibility index (Phi) is 19.0. The molecule has 8 rings (SSSR count). The average Bonchev–Trinajstić information content (AvgIpc) is 3.34. The van der Waals surface area contributed by atoms with Crippen molar-refractivity contribution in [1.82, 2.24) is 19.1 Å². The van der Waals surface area contributed by atoms with Crippen LogP contribution in [0.5, 0.6) is 17.2 Å². The molecule has 436 valence electrons. The monoisotopic (exact) mass is 1160 g/mol. The minimum absolute atomic E-state index is 0. The Labute approximate surface area is 458 Å². The van der Waals surface area contributed by atoms with Crippen molar-refractivity contribution in [1.29, 1.82) is 0 Å². The number of hydrogen-bond acceptors (Lipinski definition) is 9. The van der Waals surface area contributed by atoms with Gasteiger partial charge in [-0.1, -0.05) is 114 Å². The molecule has 0 aliphatic rings. The molecule has 0 aliphatic carbocycles. The van der Waals surface area contributed by atoms with E-state index in [0.717, 1.165) is 61.0 Å². The minimum Gasteiger partial charge on any atom is -0.508 e. The van der Waals surface area contributed by atoms with Gasteiger partial charge in [0.05, 0.1) is 25.6 Å². The highest BCUT2D eigenvalue weighted by Gasteiger charge is 2.85. The molecule has 0 bridgehead atoms. The molecule has 0 fully saturated rings. The maximum Gasteiger partial charge on any atom is 0.460 e. The quantitative estimate of drug-likeness (QED) is 0.0935. The molecule has 0 aliphatic heterocycles. The second-order valence-electron chi connectivity index (χ2n) is 20.0. The van der Waals surface area contributed by atoms with E-state index in [-0.39, 0.29) is 31.4 Å². The van der Waals surface area contributed by atoms with Gasteiger partial charge in [-0.2, -0.15) is 47.9 Å². The maximum absolute atomic E-state index is 12.5. The first kappa shape index (κ1) is 65.4. The van der Waals surface area contributed by atoms with E-state index in [1.165, 1.54) is 44.6 Å². The first-order chi connectivity index (χ1) is 36.3. The number of hydrogen-bond donors (Lipinski definition) is 3. The lowest BCUT2D eigenvalue weighted by molar-refractivity contribution is -0.382. The Morgan fingerprint density at radius 3 is 1.23 bits per heavy atom. The number of rotatable bonds is 9. The second kappa shape index (κ2) is 23.5. The van der Waals surface area contributed by atoms with Crippen LogP contribution in [-0.2, 0) is 21.1 Å². The number of aromatic hydroxyl groups is 1. The zero-order valence-electron chi connectivity index (χ0n) is 43.3. The van der Waals surface area contributed by atoms with E-state index in [1.54, 1.807) is 26.4 Å². The van der Waals surface area contributed by atoms with E-state index in [1.807, 2.05) is 48.5 Å². The lowest BCUT2D eigenvalue weighted by Gasteiger charge is -2.31. The summed E-state index contributed by atoms with van der Waals surface area (Å²) >= 11 is 0. The number of benzene rings is 6. The Morgan fingerprint density at radius 2 is 0.877 bits per heavy atom. The van der Waals surface area contributed by atoms with E-state index >= 15 is 0 Å². The third kappa shape index (κ3) is 13.4. The van der Waals surface area contributed by atoms with Crippen LogP contribution in [0.4, 0.5) is 43.4 Å². The zero-order valence-corrected chi connectivity index (χ0v) is 44.2. The fourth-order valence-corrected chi connectivity index (χ4v) is 8.61. The highest BCUT2D eigenvalue weighted by Crippen LogP contribution is 2.55. The summed E-state index contributed by atoms with van der Waals surface area (Å²) in [6.07, 6.45) is -4.21. The van der Waals surface area contributed by atoms with Crippen LogP contribution in [0.25, 0.3) is 55.2 Å².